The highest BCUT2D eigenvalue weighted by atomic mass is 28.3. The van der Waals surface area contributed by atoms with Gasteiger partial charge in [-0.05, 0) is 85.0 Å². The highest BCUT2D eigenvalue weighted by Crippen LogP contribution is 2.57. The largest absolute Gasteiger partial charge is 0.208 e. The molecule has 0 spiro atoms. The molecule has 0 radical (unpaired) electrons. The number of aromatic nitrogens is 3. The smallest absolute Gasteiger partial charge is 0.164 e. The van der Waals surface area contributed by atoms with Gasteiger partial charge < -0.3 is 0 Å². The Morgan fingerprint density at radius 1 is 0.339 bits per heavy atom. The zero-order valence-corrected chi connectivity index (χ0v) is 36.8. The molecule has 0 bridgehead atoms. The van der Waals surface area contributed by atoms with E-state index in [9.17, 15) is 0 Å². The first-order valence-electron chi connectivity index (χ1n) is 21.7. The molecule has 4 heteroatoms. The first-order chi connectivity index (χ1) is 30.1. The Kier molecular flexibility index (Phi) is 8.75. The van der Waals surface area contributed by atoms with Gasteiger partial charge in [0.1, 0.15) is 0 Å². The van der Waals surface area contributed by atoms with Crippen LogP contribution in [0.4, 0.5) is 0 Å². The van der Waals surface area contributed by atoms with E-state index in [1.165, 1.54) is 71.9 Å². The van der Waals surface area contributed by atoms with Crippen LogP contribution in [0.2, 0.25) is 19.6 Å². The van der Waals surface area contributed by atoms with Crippen LogP contribution < -0.4 is 5.19 Å². The van der Waals surface area contributed by atoms with Crippen LogP contribution in [0.5, 0.6) is 0 Å². The first-order valence-corrected chi connectivity index (χ1v) is 25.2. The van der Waals surface area contributed by atoms with Crippen molar-refractivity contribution in [3.63, 3.8) is 0 Å². The van der Waals surface area contributed by atoms with Crippen LogP contribution in [0, 0.1) is 0 Å². The van der Waals surface area contributed by atoms with E-state index >= 15 is 0 Å². The summed E-state index contributed by atoms with van der Waals surface area (Å²) in [5.74, 6) is 2.00. The van der Waals surface area contributed by atoms with Gasteiger partial charge in [0.15, 0.2) is 17.5 Å². The molecule has 8 aromatic carbocycles. The zero-order valence-electron chi connectivity index (χ0n) is 35.8. The summed E-state index contributed by atoms with van der Waals surface area (Å²) >= 11 is 0. The molecule has 2 aliphatic rings. The molecule has 1 heterocycles. The molecule has 0 N–H and O–H groups in total. The molecular formula is C58H47N3Si. The molecule has 0 amide bonds. The summed E-state index contributed by atoms with van der Waals surface area (Å²) in [5, 5.41) is 1.48. The molecule has 1 aromatic heterocycles. The summed E-state index contributed by atoms with van der Waals surface area (Å²) in [4.78, 5) is 15.1. The molecule has 62 heavy (non-hydrogen) atoms. The summed E-state index contributed by atoms with van der Waals surface area (Å²) < 4.78 is 0. The maximum atomic E-state index is 5.07. The average molecular weight is 814 g/mol. The van der Waals surface area contributed by atoms with E-state index in [4.69, 9.17) is 15.0 Å². The number of hydrogen-bond donors (Lipinski definition) is 0. The van der Waals surface area contributed by atoms with E-state index in [0.29, 0.717) is 17.5 Å². The van der Waals surface area contributed by atoms with Crippen molar-refractivity contribution in [1.82, 2.24) is 15.0 Å². The van der Waals surface area contributed by atoms with Crippen LogP contribution in [0.25, 0.3) is 67.5 Å². The van der Waals surface area contributed by atoms with Crippen molar-refractivity contribution in [3.05, 3.63) is 228 Å². The van der Waals surface area contributed by atoms with Gasteiger partial charge >= 0.3 is 0 Å². The Hall–Kier alpha value is -7.01. The molecule has 0 unspecified atom stereocenters. The van der Waals surface area contributed by atoms with E-state index in [-0.39, 0.29) is 5.41 Å². The lowest BCUT2D eigenvalue weighted by atomic mass is 9.67. The van der Waals surface area contributed by atoms with Crippen molar-refractivity contribution in [2.24, 2.45) is 0 Å². The molecule has 9 aromatic rings. The fourth-order valence-corrected chi connectivity index (χ4v) is 11.3. The minimum absolute atomic E-state index is 0.258. The van der Waals surface area contributed by atoms with Crippen LogP contribution in [0.3, 0.4) is 0 Å². The van der Waals surface area contributed by atoms with Crippen molar-refractivity contribution < 1.29 is 0 Å². The van der Waals surface area contributed by atoms with Gasteiger partial charge in [0.05, 0.1) is 13.5 Å². The SMILES string of the molecule is CC1(C)c2cc(-c3ccc4c(c3)C(c3ccccc3)(c3ccccc3)c3cc([Si](C)(C)C)ccc3-4)ccc2-c2ccc(-c3nc(-c4ccccc4)nc(-c4ccccc4)n3)cc21. The predicted octanol–water partition coefficient (Wildman–Crippen LogP) is 13.8. The van der Waals surface area contributed by atoms with E-state index in [1.807, 2.05) is 36.4 Å². The van der Waals surface area contributed by atoms with Crippen molar-refractivity contribution in [2.75, 3.05) is 0 Å². The summed E-state index contributed by atoms with van der Waals surface area (Å²) in [6.45, 7) is 12.1. The van der Waals surface area contributed by atoms with Gasteiger partial charge in [0, 0.05) is 22.1 Å². The van der Waals surface area contributed by atoms with Gasteiger partial charge in [-0.1, -0.05) is 215 Å². The highest BCUT2D eigenvalue weighted by Gasteiger charge is 2.47. The fourth-order valence-electron chi connectivity index (χ4n) is 10.1. The maximum Gasteiger partial charge on any atom is 0.164 e. The Balaban J connectivity index is 1.03. The topological polar surface area (TPSA) is 38.7 Å². The minimum Gasteiger partial charge on any atom is -0.208 e. The molecule has 298 valence electrons. The molecule has 0 fully saturated rings. The summed E-state index contributed by atoms with van der Waals surface area (Å²) in [5.41, 5.74) is 17.7. The van der Waals surface area contributed by atoms with E-state index in [2.05, 4.69) is 191 Å². The number of fused-ring (bicyclic) bond motifs is 6. The fraction of sp³-hybridized carbons (Fsp3) is 0.121. The van der Waals surface area contributed by atoms with Crippen LogP contribution in [-0.2, 0) is 10.8 Å². The summed E-state index contributed by atoms with van der Waals surface area (Å²) in [6, 6.07) is 71.1. The maximum absolute atomic E-state index is 5.07. The number of benzene rings is 8. The average Bonchev–Trinajstić information content (AvgIpc) is 3.73. The van der Waals surface area contributed by atoms with Gasteiger partial charge in [-0.2, -0.15) is 0 Å². The Morgan fingerprint density at radius 3 is 1.16 bits per heavy atom. The lowest BCUT2D eigenvalue weighted by Crippen LogP contribution is -2.39. The Bertz CT molecular complexity index is 3070. The first kappa shape index (κ1) is 37.9. The third-order valence-electron chi connectivity index (χ3n) is 13.4. The normalized spacial score (nSPS) is 14.1. The standard InChI is InChI=1S/C58H47N3Si/c1-57(2)50-34-40(26-30-46(50)47-32-28-42(36-51(47)57)56-60-54(38-18-10-6-11-19-38)59-55(61-56)39-20-12-7-13-21-39)41-27-31-48-49-33-29-45(62(3,4)5)37-53(49)58(52(48)35-41,43-22-14-8-15-23-43)44-24-16-9-17-25-44/h6-37H,1-5H3. The van der Waals surface area contributed by atoms with Gasteiger partial charge in [0.25, 0.3) is 0 Å². The van der Waals surface area contributed by atoms with E-state index in [1.54, 1.807) is 0 Å². The molecule has 0 saturated heterocycles. The number of hydrogen-bond acceptors (Lipinski definition) is 3. The van der Waals surface area contributed by atoms with Crippen LogP contribution in [0.1, 0.15) is 47.2 Å². The van der Waals surface area contributed by atoms with Crippen LogP contribution in [-0.4, -0.2) is 23.0 Å². The molecule has 0 atom stereocenters. The quantitative estimate of drug-likeness (QED) is 0.150. The van der Waals surface area contributed by atoms with Gasteiger partial charge in [0.2, 0.25) is 0 Å². The van der Waals surface area contributed by atoms with Crippen molar-refractivity contribution in [2.45, 2.75) is 44.3 Å². The lowest BCUT2D eigenvalue weighted by Gasteiger charge is -2.35. The molecule has 3 nitrogen and oxygen atoms in total. The van der Waals surface area contributed by atoms with Crippen molar-refractivity contribution >= 4 is 13.3 Å². The van der Waals surface area contributed by atoms with Crippen molar-refractivity contribution in [3.8, 4) is 67.5 Å². The third kappa shape index (κ3) is 5.96. The van der Waals surface area contributed by atoms with E-state index < -0.39 is 13.5 Å². The van der Waals surface area contributed by atoms with Gasteiger partial charge in [-0.3, -0.25) is 0 Å². The minimum atomic E-state index is -1.62. The summed E-state index contributed by atoms with van der Waals surface area (Å²) in [7, 11) is -1.62. The second kappa shape index (κ2) is 14.3. The van der Waals surface area contributed by atoms with Gasteiger partial charge in [-0.15, -0.1) is 0 Å². The molecular weight excluding hydrogens is 767 g/mol. The second-order valence-corrected chi connectivity index (χ2v) is 23.5. The predicted molar refractivity (Wildman–Crippen MR) is 259 cm³/mol. The van der Waals surface area contributed by atoms with Crippen molar-refractivity contribution in [1.29, 1.82) is 0 Å². The van der Waals surface area contributed by atoms with Crippen LogP contribution >= 0.6 is 0 Å². The number of rotatable bonds is 7. The molecule has 11 rings (SSSR count). The zero-order chi connectivity index (χ0) is 42.2. The Morgan fingerprint density at radius 2 is 0.694 bits per heavy atom. The van der Waals surface area contributed by atoms with Gasteiger partial charge in [-0.25, -0.2) is 15.0 Å². The molecule has 0 aliphatic heterocycles. The monoisotopic (exact) mass is 813 g/mol. The van der Waals surface area contributed by atoms with E-state index in [0.717, 1.165) is 16.7 Å². The lowest BCUT2D eigenvalue weighted by molar-refractivity contribution is 0.661. The second-order valence-electron chi connectivity index (χ2n) is 18.4. The highest BCUT2D eigenvalue weighted by molar-refractivity contribution is 6.88. The number of nitrogens with zero attached hydrogens (tertiary/aromatic N) is 3. The summed E-state index contributed by atoms with van der Waals surface area (Å²) in [6.07, 6.45) is 0. The molecule has 2 aliphatic carbocycles. The third-order valence-corrected chi connectivity index (χ3v) is 15.4. The molecule has 0 saturated carbocycles. The Labute approximate surface area is 365 Å². The van der Waals surface area contributed by atoms with Crippen LogP contribution in [0.15, 0.2) is 194 Å².